The van der Waals surface area contributed by atoms with Gasteiger partial charge in [0.2, 0.25) is 6.08 Å². The quantitative estimate of drug-likeness (QED) is 0.506. The molecular formula is C9H14ClN3O. The van der Waals surface area contributed by atoms with Gasteiger partial charge in [-0.3, -0.25) is 0 Å². The second-order valence-corrected chi connectivity index (χ2v) is 2.28. The fraction of sp³-hybridized carbons (Fsp3) is 0.222. The largest absolute Gasteiger partial charge is 0.326 e. The van der Waals surface area contributed by atoms with Crippen LogP contribution in [0.2, 0.25) is 0 Å². The SMILES string of the molecule is Cl.N=C=O.NCc1ccccc1CN. The van der Waals surface area contributed by atoms with Crippen LogP contribution in [0.3, 0.4) is 0 Å². The molecule has 1 aromatic carbocycles. The maximum Gasteiger partial charge on any atom is 0.231 e. The summed E-state index contributed by atoms with van der Waals surface area (Å²) in [5.74, 6) is 0. The van der Waals surface area contributed by atoms with Gasteiger partial charge in [0.05, 0.1) is 0 Å². The van der Waals surface area contributed by atoms with E-state index in [4.69, 9.17) is 21.7 Å². The zero-order chi connectivity index (χ0) is 10.1. The van der Waals surface area contributed by atoms with Crippen LogP contribution in [0.5, 0.6) is 0 Å². The molecule has 0 unspecified atom stereocenters. The minimum Gasteiger partial charge on any atom is -0.326 e. The molecule has 5 N–H and O–H groups in total. The lowest BCUT2D eigenvalue weighted by Crippen LogP contribution is -2.05. The van der Waals surface area contributed by atoms with Crippen molar-refractivity contribution < 1.29 is 4.79 Å². The first-order valence-corrected chi connectivity index (χ1v) is 3.81. The molecule has 0 aromatic heterocycles. The molecule has 0 aliphatic carbocycles. The van der Waals surface area contributed by atoms with Crippen LogP contribution in [-0.4, -0.2) is 6.08 Å². The Morgan fingerprint density at radius 1 is 1.14 bits per heavy atom. The van der Waals surface area contributed by atoms with Gasteiger partial charge in [-0.05, 0) is 11.1 Å². The topological polar surface area (TPSA) is 93.0 Å². The van der Waals surface area contributed by atoms with Crippen molar-refractivity contribution in [1.82, 2.24) is 0 Å². The summed E-state index contributed by atoms with van der Waals surface area (Å²) >= 11 is 0. The molecule has 0 spiro atoms. The molecular weight excluding hydrogens is 202 g/mol. The highest BCUT2D eigenvalue weighted by atomic mass is 35.5. The Morgan fingerprint density at radius 3 is 1.64 bits per heavy atom. The van der Waals surface area contributed by atoms with Crippen molar-refractivity contribution >= 4 is 18.5 Å². The second-order valence-electron chi connectivity index (χ2n) is 2.28. The molecule has 0 bridgehead atoms. The van der Waals surface area contributed by atoms with Crippen LogP contribution in [0.4, 0.5) is 0 Å². The van der Waals surface area contributed by atoms with Gasteiger partial charge in [0.15, 0.2) is 0 Å². The molecule has 0 heterocycles. The van der Waals surface area contributed by atoms with Crippen LogP contribution in [0.25, 0.3) is 0 Å². The van der Waals surface area contributed by atoms with E-state index < -0.39 is 0 Å². The van der Waals surface area contributed by atoms with Gasteiger partial charge in [-0.25, -0.2) is 10.2 Å². The molecule has 4 nitrogen and oxygen atoms in total. The molecule has 0 amide bonds. The van der Waals surface area contributed by atoms with Crippen molar-refractivity contribution in [3.8, 4) is 0 Å². The van der Waals surface area contributed by atoms with Crippen molar-refractivity contribution in [2.45, 2.75) is 13.1 Å². The highest BCUT2D eigenvalue weighted by Crippen LogP contribution is 2.05. The maximum atomic E-state index is 8.35. The fourth-order valence-corrected chi connectivity index (χ4v) is 0.956. The predicted octanol–water partition coefficient (Wildman–Crippen LogP) is 0.927. The average Bonchev–Trinajstić information content (AvgIpc) is 2.19. The lowest BCUT2D eigenvalue weighted by Gasteiger charge is -2.02. The zero-order valence-corrected chi connectivity index (χ0v) is 8.51. The molecule has 0 saturated heterocycles. The molecule has 0 atom stereocenters. The van der Waals surface area contributed by atoms with E-state index in [1.807, 2.05) is 24.3 Å². The van der Waals surface area contributed by atoms with E-state index in [9.17, 15) is 0 Å². The van der Waals surface area contributed by atoms with Crippen molar-refractivity contribution in [2.75, 3.05) is 0 Å². The van der Waals surface area contributed by atoms with E-state index in [1.54, 1.807) is 0 Å². The normalized spacial score (nSPS) is 7.57. The van der Waals surface area contributed by atoms with Crippen LogP contribution < -0.4 is 11.5 Å². The highest BCUT2D eigenvalue weighted by molar-refractivity contribution is 5.85. The third-order valence-electron chi connectivity index (χ3n) is 1.56. The number of rotatable bonds is 2. The Hall–Kier alpha value is -1.19. The number of benzene rings is 1. The van der Waals surface area contributed by atoms with Crippen molar-refractivity contribution in [3.63, 3.8) is 0 Å². The van der Waals surface area contributed by atoms with E-state index >= 15 is 0 Å². The van der Waals surface area contributed by atoms with Gasteiger partial charge in [-0.15, -0.1) is 12.4 Å². The number of halogens is 1. The molecule has 0 aliphatic heterocycles. The minimum atomic E-state index is 0. The first kappa shape index (κ1) is 15.3. The summed E-state index contributed by atoms with van der Waals surface area (Å²) in [6.07, 6.45) is 0.750. The van der Waals surface area contributed by atoms with Gasteiger partial charge < -0.3 is 11.5 Å². The predicted molar refractivity (Wildman–Crippen MR) is 57.9 cm³/mol. The molecule has 1 rings (SSSR count). The lowest BCUT2D eigenvalue weighted by molar-refractivity contribution is 0.563. The molecule has 1 aromatic rings. The summed E-state index contributed by atoms with van der Waals surface area (Å²) in [5.41, 5.74) is 13.2. The summed E-state index contributed by atoms with van der Waals surface area (Å²) in [5, 5.41) is 5.40. The van der Waals surface area contributed by atoms with E-state index in [-0.39, 0.29) is 12.4 Å². The number of isocyanates is 1. The molecule has 5 heteroatoms. The summed E-state index contributed by atoms with van der Waals surface area (Å²) in [4.78, 5) is 8.35. The Kier molecular flexibility index (Phi) is 10.8. The lowest BCUT2D eigenvalue weighted by atomic mass is 10.1. The number of nitrogens with two attached hydrogens (primary N) is 2. The van der Waals surface area contributed by atoms with Crippen LogP contribution >= 0.6 is 12.4 Å². The first-order valence-electron chi connectivity index (χ1n) is 3.81. The van der Waals surface area contributed by atoms with Gasteiger partial charge >= 0.3 is 0 Å². The number of hydrogen-bond donors (Lipinski definition) is 3. The second kappa shape index (κ2) is 9.89. The summed E-state index contributed by atoms with van der Waals surface area (Å²) in [6.45, 7) is 1.15. The van der Waals surface area contributed by atoms with Gasteiger partial charge in [0, 0.05) is 13.1 Å². The van der Waals surface area contributed by atoms with E-state index in [0.29, 0.717) is 13.1 Å². The van der Waals surface area contributed by atoms with Crippen LogP contribution in [0.1, 0.15) is 11.1 Å². The monoisotopic (exact) mass is 215 g/mol. The third-order valence-corrected chi connectivity index (χ3v) is 1.56. The van der Waals surface area contributed by atoms with Gasteiger partial charge in [-0.1, -0.05) is 24.3 Å². The summed E-state index contributed by atoms with van der Waals surface area (Å²) < 4.78 is 0. The highest BCUT2D eigenvalue weighted by Gasteiger charge is 1.94. The number of nitrogens with one attached hydrogen (secondary N) is 1. The first-order chi connectivity index (χ1) is 6.29. The standard InChI is InChI=1S/C8H12N2.CHNO.ClH/c9-5-7-3-1-2-4-8(7)6-10;2-1-3;/h1-4H,5-6,9-10H2;2H;1H. The smallest absolute Gasteiger partial charge is 0.231 e. The Labute approximate surface area is 89.2 Å². The Balaban J connectivity index is 0. The average molecular weight is 216 g/mol. The molecule has 0 fully saturated rings. The molecule has 14 heavy (non-hydrogen) atoms. The van der Waals surface area contributed by atoms with Gasteiger partial charge in [0.25, 0.3) is 0 Å². The summed E-state index contributed by atoms with van der Waals surface area (Å²) in [6, 6.07) is 7.95. The van der Waals surface area contributed by atoms with Crippen molar-refractivity contribution in [2.24, 2.45) is 11.5 Å². The Bertz CT molecular complexity index is 262. The third kappa shape index (κ3) is 5.45. The van der Waals surface area contributed by atoms with E-state index in [0.717, 1.165) is 17.2 Å². The van der Waals surface area contributed by atoms with Crippen LogP contribution in [0.15, 0.2) is 24.3 Å². The van der Waals surface area contributed by atoms with Crippen molar-refractivity contribution in [1.29, 1.82) is 5.41 Å². The fourth-order valence-electron chi connectivity index (χ4n) is 0.956. The number of carbonyl (C=O) groups excluding carboxylic acids is 1. The minimum absolute atomic E-state index is 0. The van der Waals surface area contributed by atoms with Crippen LogP contribution in [0, 0.1) is 5.41 Å². The molecule has 78 valence electrons. The zero-order valence-electron chi connectivity index (χ0n) is 7.69. The van der Waals surface area contributed by atoms with Crippen molar-refractivity contribution in [3.05, 3.63) is 35.4 Å². The molecule has 0 radical (unpaired) electrons. The Morgan fingerprint density at radius 2 is 1.43 bits per heavy atom. The maximum absolute atomic E-state index is 8.35. The van der Waals surface area contributed by atoms with Crippen LogP contribution in [-0.2, 0) is 17.9 Å². The summed E-state index contributed by atoms with van der Waals surface area (Å²) in [7, 11) is 0. The van der Waals surface area contributed by atoms with E-state index in [1.165, 1.54) is 0 Å². The number of hydrogen-bond acceptors (Lipinski definition) is 4. The van der Waals surface area contributed by atoms with Gasteiger partial charge in [0.1, 0.15) is 0 Å². The van der Waals surface area contributed by atoms with E-state index in [2.05, 4.69) is 0 Å². The molecule has 0 saturated carbocycles. The van der Waals surface area contributed by atoms with Gasteiger partial charge in [-0.2, -0.15) is 0 Å². The molecule has 0 aliphatic rings.